The second-order valence-corrected chi connectivity index (χ2v) is 15.1. The van der Waals surface area contributed by atoms with Gasteiger partial charge in [-0.05, 0) is 59.6 Å². The molecule has 0 radical (unpaired) electrons. The van der Waals surface area contributed by atoms with Gasteiger partial charge in [-0.2, -0.15) is 24.9 Å². The minimum absolute atomic E-state index is 0.00608. The topological polar surface area (TPSA) is 139 Å². The minimum Gasteiger partial charge on any atom is -0.343 e. The van der Waals surface area contributed by atoms with Gasteiger partial charge in [0.2, 0.25) is 15.9 Å². The van der Waals surface area contributed by atoms with Crippen molar-refractivity contribution in [3.05, 3.63) is 54.1 Å². The minimum atomic E-state index is -4.79. The molecule has 0 bridgehead atoms. The van der Waals surface area contributed by atoms with Crippen molar-refractivity contribution in [3.8, 4) is 11.1 Å². The van der Waals surface area contributed by atoms with Crippen LogP contribution < -0.4 is 15.4 Å². The third kappa shape index (κ3) is 11.2. The van der Waals surface area contributed by atoms with E-state index in [1.807, 2.05) is 4.72 Å². The molecule has 15 heteroatoms. The third-order valence-electron chi connectivity index (χ3n) is 6.11. The summed E-state index contributed by atoms with van der Waals surface area (Å²) in [5, 5.41) is 4.85. The van der Waals surface area contributed by atoms with Crippen LogP contribution in [0.1, 0.15) is 38.3 Å². The number of nitrogens with one attached hydrogen (secondary N) is 3. The van der Waals surface area contributed by atoms with Crippen molar-refractivity contribution in [1.82, 2.24) is 15.4 Å². The highest BCUT2D eigenvalue weighted by Crippen LogP contribution is 2.35. The summed E-state index contributed by atoms with van der Waals surface area (Å²) >= 11 is 1.35. The molecular weight excluding hydrogens is 616 g/mol. The lowest BCUT2D eigenvalue weighted by atomic mass is 9.97. The van der Waals surface area contributed by atoms with Crippen molar-refractivity contribution in [3.63, 3.8) is 0 Å². The number of hydrogen-bond donors (Lipinski definition) is 3. The summed E-state index contributed by atoms with van der Waals surface area (Å²) in [7, 11) is -7.33. The molecule has 9 nitrogen and oxygen atoms in total. The van der Waals surface area contributed by atoms with Crippen LogP contribution in [0.2, 0.25) is 0 Å². The lowest BCUT2D eigenvalue weighted by Crippen LogP contribution is -2.55. The number of carbonyl (C=O) groups is 2. The summed E-state index contributed by atoms with van der Waals surface area (Å²) in [6, 6.07) is 6.56. The van der Waals surface area contributed by atoms with Gasteiger partial charge in [0.1, 0.15) is 12.1 Å². The molecule has 3 N–H and O–H groups in total. The molecule has 0 aromatic heterocycles. The van der Waals surface area contributed by atoms with E-state index in [0.29, 0.717) is 16.9 Å². The zero-order chi connectivity index (χ0) is 31.9. The Hall–Kier alpha value is -2.62. The zero-order valence-electron chi connectivity index (χ0n) is 23.9. The number of halogens is 3. The first kappa shape index (κ1) is 35.6. The summed E-state index contributed by atoms with van der Waals surface area (Å²) < 4.78 is 91.2. The molecule has 0 heterocycles. The van der Waals surface area contributed by atoms with Gasteiger partial charge in [-0.15, -0.1) is 0 Å². The number of benzene rings is 2. The third-order valence-corrected chi connectivity index (χ3v) is 8.45. The fraction of sp³-hybridized carbons (Fsp3) is 0.481. The number of alkyl halides is 3. The van der Waals surface area contributed by atoms with Gasteiger partial charge in [-0.1, -0.05) is 50.2 Å². The molecule has 3 atom stereocenters. The Morgan fingerprint density at radius 1 is 0.857 bits per heavy atom. The van der Waals surface area contributed by atoms with Crippen LogP contribution in [0.25, 0.3) is 11.1 Å². The molecular formula is C27H36F3N3O6S3. The zero-order valence-corrected chi connectivity index (χ0v) is 26.3. The summed E-state index contributed by atoms with van der Waals surface area (Å²) in [6.07, 6.45) is -1.11. The van der Waals surface area contributed by atoms with Crippen LogP contribution in [-0.2, 0) is 29.4 Å². The smallest absolute Gasteiger partial charge is 0.343 e. The number of hydrogen-bond acceptors (Lipinski definition) is 8. The molecule has 0 saturated carbocycles. The van der Waals surface area contributed by atoms with E-state index < -0.39 is 56.0 Å². The summed E-state index contributed by atoms with van der Waals surface area (Å²) in [5.74, 6) is -1.65. The lowest BCUT2D eigenvalue weighted by molar-refractivity contribution is -0.161. The van der Waals surface area contributed by atoms with Crippen molar-refractivity contribution < 1.29 is 39.6 Å². The van der Waals surface area contributed by atoms with E-state index in [2.05, 4.69) is 10.6 Å². The standard InChI is InChI=1S/C27H36F3N3O6S3/c1-17(2)16-23(25(34)32-22(14-15-40-3)26(35)33-42(5,38)39)31-24(27(28,29)30)20-8-6-18(7-9-20)19-10-12-21(13-11-19)41(4,36)37/h6-13,17,22-24,31H,14-16H2,1-5H3,(H,32,34)(H,33,35)/t22-,23-,24-/m0/s1. The SMILES string of the molecule is CSCC[C@H](NC(=O)[C@H](CC(C)C)N[C@@H](c1ccc(-c2ccc(S(C)(=O)=O)cc2)cc1)C(F)(F)F)C(=O)NS(C)(=O)=O. The normalized spacial score (nSPS) is 14.7. The van der Waals surface area contributed by atoms with Crippen LogP contribution in [0.4, 0.5) is 13.2 Å². The first-order valence-electron chi connectivity index (χ1n) is 12.9. The van der Waals surface area contributed by atoms with Gasteiger partial charge in [0.25, 0.3) is 5.91 Å². The Bertz CT molecular complexity index is 1430. The van der Waals surface area contributed by atoms with Crippen molar-refractivity contribution >= 4 is 43.4 Å². The van der Waals surface area contributed by atoms with Gasteiger partial charge in [0.15, 0.2) is 9.84 Å². The Kier molecular flexibility index (Phi) is 12.5. The number of amides is 2. The second-order valence-electron chi connectivity index (χ2n) is 10.3. The summed E-state index contributed by atoms with van der Waals surface area (Å²) in [4.78, 5) is 25.9. The molecule has 0 aliphatic rings. The second kappa shape index (κ2) is 14.7. The lowest BCUT2D eigenvalue weighted by Gasteiger charge is -2.29. The van der Waals surface area contributed by atoms with Crippen molar-refractivity contribution in [2.45, 2.75) is 55.9 Å². The summed E-state index contributed by atoms with van der Waals surface area (Å²) in [5.41, 5.74) is 1.00. The molecule has 0 unspecified atom stereocenters. The molecule has 234 valence electrons. The number of carbonyl (C=O) groups excluding carboxylic acids is 2. The monoisotopic (exact) mass is 651 g/mol. The maximum Gasteiger partial charge on any atom is 0.407 e. The maximum absolute atomic E-state index is 14.3. The highest BCUT2D eigenvalue weighted by atomic mass is 32.2. The fourth-order valence-electron chi connectivity index (χ4n) is 4.10. The first-order chi connectivity index (χ1) is 19.3. The van der Waals surface area contributed by atoms with Crippen LogP contribution >= 0.6 is 11.8 Å². The highest BCUT2D eigenvalue weighted by Gasteiger charge is 2.43. The van der Waals surface area contributed by atoms with Crippen LogP contribution in [-0.4, -0.2) is 71.4 Å². The molecule has 0 aliphatic heterocycles. The van der Waals surface area contributed by atoms with E-state index in [0.717, 1.165) is 12.5 Å². The average molecular weight is 652 g/mol. The molecule has 2 aromatic carbocycles. The Morgan fingerprint density at radius 2 is 1.38 bits per heavy atom. The van der Waals surface area contributed by atoms with Gasteiger partial charge < -0.3 is 5.32 Å². The predicted molar refractivity (Wildman–Crippen MR) is 158 cm³/mol. The van der Waals surface area contributed by atoms with Crippen LogP contribution in [0.15, 0.2) is 53.4 Å². The van der Waals surface area contributed by atoms with Gasteiger partial charge in [0, 0.05) is 6.26 Å². The number of sulfonamides is 1. The Balaban J connectivity index is 2.34. The average Bonchev–Trinajstić information content (AvgIpc) is 2.86. The van der Waals surface area contributed by atoms with E-state index in [-0.39, 0.29) is 29.2 Å². The number of sulfone groups is 1. The van der Waals surface area contributed by atoms with E-state index in [4.69, 9.17) is 0 Å². The number of rotatable bonds is 14. The largest absolute Gasteiger partial charge is 0.407 e. The van der Waals surface area contributed by atoms with E-state index in [9.17, 15) is 39.6 Å². The van der Waals surface area contributed by atoms with Gasteiger partial charge in [0.05, 0.1) is 17.2 Å². The van der Waals surface area contributed by atoms with Crippen LogP contribution in [0, 0.1) is 5.92 Å². The fourth-order valence-corrected chi connectivity index (χ4v) is 5.71. The van der Waals surface area contributed by atoms with Gasteiger partial charge in [-0.3, -0.25) is 19.6 Å². The maximum atomic E-state index is 14.3. The molecule has 0 spiro atoms. The summed E-state index contributed by atoms with van der Waals surface area (Å²) in [6.45, 7) is 3.46. The van der Waals surface area contributed by atoms with E-state index in [1.54, 1.807) is 32.2 Å². The van der Waals surface area contributed by atoms with Crippen LogP contribution in [0.5, 0.6) is 0 Å². The predicted octanol–water partition coefficient (Wildman–Crippen LogP) is 3.68. The molecule has 0 saturated heterocycles. The molecule has 2 aromatic rings. The first-order valence-corrected chi connectivity index (χ1v) is 18.0. The van der Waals surface area contributed by atoms with Crippen molar-refractivity contribution in [1.29, 1.82) is 0 Å². The van der Waals surface area contributed by atoms with Gasteiger partial charge in [-0.25, -0.2) is 16.8 Å². The molecule has 2 rings (SSSR count). The van der Waals surface area contributed by atoms with Crippen LogP contribution in [0.3, 0.4) is 0 Å². The van der Waals surface area contributed by atoms with E-state index in [1.165, 1.54) is 48.2 Å². The molecule has 2 amide bonds. The Morgan fingerprint density at radius 3 is 1.81 bits per heavy atom. The van der Waals surface area contributed by atoms with Gasteiger partial charge >= 0.3 is 6.18 Å². The molecule has 0 aliphatic carbocycles. The van der Waals surface area contributed by atoms with Crippen molar-refractivity contribution in [2.75, 3.05) is 24.5 Å². The number of thioether (sulfide) groups is 1. The molecule has 0 fully saturated rings. The van der Waals surface area contributed by atoms with E-state index >= 15 is 0 Å². The van der Waals surface area contributed by atoms with Crippen molar-refractivity contribution in [2.24, 2.45) is 5.92 Å². The quantitative estimate of drug-likeness (QED) is 0.281. The Labute approximate surface area is 249 Å². The molecule has 42 heavy (non-hydrogen) atoms. The highest BCUT2D eigenvalue weighted by molar-refractivity contribution is 7.98.